The van der Waals surface area contributed by atoms with Gasteiger partial charge < -0.3 is 0 Å². The van der Waals surface area contributed by atoms with Crippen molar-refractivity contribution in [3.63, 3.8) is 0 Å². The van der Waals surface area contributed by atoms with E-state index in [1.165, 1.54) is 17.4 Å². The number of benzene rings is 1. The van der Waals surface area contributed by atoms with Crippen LogP contribution in [0.1, 0.15) is 18.4 Å². The van der Waals surface area contributed by atoms with Crippen LogP contribution in [0.5, 0.6) is 0 Å². The number of primary sulfonamides is 1. The molecule has 0 radical (unpaired) electrons. The Hall–Kier alpha value is -1.02. The molecule has 120 valence electrons. The summed E-state index contributed by atoms with van der Waals surface area (Å²) in [7, 11) is -3.42. The lowest BCUT2D eigenvalue weighted by Gasteiger charge is -2.32. The standard InChI is InChI=1S/C15H19FN2O2S2/c16-14-5-1-4-13-12(9-21-15(13)14)8-18-6-2-3-11(7-18)10-22(17,19)20/h1,4-5,9,11H,2-3,6-8,10H2,(H2,17,19,20)/t11-/m1/s1. The van der Waals surface area contributed by atoms with Crippen molar-refractivity contribution >= 4 is 31.4 Å². The molecule has 0 aliphatic carbocycles. The highest BCUT2D eigenvalue weighted by Gasteiger charge is 2.24. The largest absolute Gasteiger partial charge is 0.299 e. The second-order valence-electron chi connectivity index (χ2n) is 5.95. The molecule has 3 rings (SSSR count). The van der Waals surface area contributed by atoms with Gasteiger partial charge in [-0.15, -0.1) is 11.3 Å². The first-order valence-corrected chi connectivity index (χ1v) is 9.89. The number of nitrogens with two attached hydrogens (primary N) is 1. The number of rotatable bonds is 4. The van der Waals surface area contributed by atoms with Crippen molar-refractivity contribution in [3.05, 3.63) is 35.0 Å². The molecule has 1 aliphatic heterocycles. The molecule has 1 aromatic heterocycles. The van der Waals surface area contributed by atoms with E-state index >= 15 is 0 Å². The molecule has 0 unspecified atom stereocenters. The molecule has 1 atom stereocenters. The van der Waals surface area contributed by atoms with Crippen molar-refractivity contribution in [2.45, 2.75) is 19.4 Å². The van der Waals surface area contributed by atoms with Crippen LogP contribution in [0.4, 0.5) is 4.39 Å². The molecule has 2 N–H and O–H groups in total. The number of nitrogens with zero attached hydrogens (tertiary/aromatic N) is 1. The minimum atomic E-state index is -3.42. The van der Waals surface area contributed by atoms with E-state index in [0.717, 1.165) is 43.4 Å². The Morgan fingerprint density at radius 1 is 1.41 bits per heavy atom. The van der Waals surface area contributed by atoms with Crippen molar-refractivity contribution in [1.29, 1.82) is 0 Å². The summed E-state index contributed by atoms with van der Waals surface area (Å²) in [5, 5.41) is 8.11. The van der Waals surface area contributed by atoms with Crippen LogP contribution in [0.3, 0.4) is 0 Å². The Kier molecular flexibility index (Phi) is 4.49. The zero-order chi connectivity index (χ0) is 15.7. The lowest BCUT2D eigenvalue weighted by Crippen LogP contribution is -2.38. The average Bonchev–Trinajstić information content (AvgIpc) is 2.82. The normalized spacial score (nSPS) is 20.5. The van der Waals surface area contributed by atoms with E-state index in [9.17, 15) is 12.8 Å². The fraction of sp³-hybridized carbons (Fsp3) is 0.467. The zero-order valence-electron chi connectivity index (χ0n) is 12.2. The minimum absolute atomic E-state index is 0.0442. The van der Waals surface area contributed by atoms with Gasteiger partial charge in [-0.2, -0.15) is 0 Å². The van der Waals surface area contributed by atoms with Crippen LogP contribution in [0, 0.1) is 11.7 Å². The van der Waals surface area contributed by atoms with Gasteiger partial charge in [0.2, 0.25) is 10.0 Å². The molecule has 0 saturated carbocycles. The molecule has 0 amide bonds. The first-order chi connectivity index (χ1) is 10.4. The van der Waals surface area contributed by atoms with Crippen LogP contribution < -0.4 is 5.14 Å². The molecule has 7 heteroatoms. The van der Waals surface area contributed by atoms with Gasteiger partial charge >= 0.3 is 0 Å². The third-order valence-electron chi connectivity index (χ3n) is 4.10. The van der Waals surface area contributed by atoms with Crippen molar-refractivity contribution in [2.24, 2.45) is 11.1 Å². The van der Waals surface area contributed by atoms with Gasteiger partial charge in [0, 0.05) is 13.1 Å². The molecule has 0 spiro atoms. The molecule has 1 aliphatic rings. The summed E-state index contributed by atoms with van der Waals surface area (Å²) in [6.45, 7) is 2.39. The maximum atomic E-state index is 13.7. The van der Waals surface area contributed by atoms with Gasteiger partial charge in [-0.25, -0.2) is 17.9 Å². The summed E-state index contributed by atoms with van der Waals surface area (Å²) in [5.41, 5.74) is 1.11. The predicted octanol–water partition coefficient (Wildman–Crippen LogP) is 2.54. The van der Waals surface area contributed by atoms with E-state index in [1.54, 1.807) is 6.07 Å². The van der Waals surface area contributed by atoms with Crippen molar-refractivity contribution in [2.75, 3.05) is 18.8 Å². The van der Waals surface area contributed by atoms with E-state index in [2.05, 4.69) is 4.90 Å². The molecule has 1 saturated heterocycles. The van der Waals surface area contributed by atoms with E-state index in [4.69, 9.17) is 5.14 Å². The highest BCUT2D eigenvalue weighted by atomic mass is 32.2. The number of halogens is 1. The summed E-state index contributed by atoms with van der Waals surface area (Å²) in [6, 6.07) is 5.15. The highest BCUT2D eigenvalue weighted by molar-refractivity contribution is 7.89. The average molecular weight is 342 g/mol. The van der Waals surface area contributed by atoms with E-state index < -0.39 is 10.0 Å². The van der Waals surface area contributed by atoms with Crippen molar-refractivity contribution < 1.29 is 12.8 Å². The number of piperidine rings is 1. The zero-order valence-corrected chi connectivity index (χ0v) is 13.8. The summed E-state index contributed by atoms with van der Waals surface area (Å²) < 4.78 is 36.9. The Morgan fingerprint density at radius 3 is 3.00 bits per heavy atom. The van der Waals surface area contributed by atoms with Crippen molar-refractivity contribution in [3.8, 4) is 0 Å². The topological polar surface area (TPSA) is 63.4 Å². The molecular weight excluding hydrogens is 323 g/mol. The van der Waals surface area contributed by atoms with Crippen LogP contribution >= 0.6 is 11.3 Å². The molecule has 22 heavy (non-hydrogen) atoms. The number of sulfonamides is 1. The first kappa shape index (κ1) is 15.9. The van der Waals surface area contributed by atoms with Gasteiger partial charge in [-0.1, -0.05) is 12.1 Å². The first-order valence-electron chi connectivity index (χ1n) is 7.30. The second kappa shape index (κ2) is 6.23. The summed E-state index contributed by atoms with van der Waals surface area (Å²) in [6.07, 6.45) is 1.86. The van der Waals surface area contributed by atoms with Gasteiger partial charge in [0.25, 0.3) is 0 Å². The Balaban J connectivity index is 1.73. The van der Waals surface area contributed by atoms with Crippen LogP contribution in [0.15, 0.2) is 23.6 Å². The van der Waals surface area contributed by atoms with Crippen LogP contribution in [-0.2, 0) is 16.6 Å². The summed E-state index contributed by atoms with van der Waals surface area (Å²) >= 11 is 1.42. The smallest absolute Gasteiger partial charge is 0.209 e. The summed E-state index contributed by atoms with van der Waals surface area (Å²) in [5.74, 6) is -0.0485. The third kappa shape index (κ3) is 3.65. The lowest BCUT2D eigenvalue weighted by molar-refractivity contribution is 0.178. The third-order valence-corrected chi connectivity index (χ3v) is 6.09. The maximum absolute atomic E-state index is 13.7. The molecule has 2 heterocycles. The van der Waals surface area contributed by atoms with Crippen LogP contribution in [0.25, 0.3) is 10.1 Å². The Bertz CT molecular complexity index is 773. The van der Waals surface area contributed by atoms with Crippen molar-refractivity contribution in [1.82, 2.24) is 4.90 Å². The lowest BCUT2D eigenvalue weighted by atomic mass is 9.99. The fourth-order valence-corrected chi connectivity index (χ4v) is 5.10. The van der Waals surface area contributed by atoms with Crippen LogP contribution in [0.2, 0.25) is 0 Å². The number of likely N-dealkylation sites (tertiary alicyclic amines) is 1. The Labute approximate surface area is 133 Å². The second-order valence-corrected chi connectivity index (χ2v) is 8.49. The number of thiophene rings is 1. The monoisotopic (exact) mass is 342 g/mol. The van der Waals surface area contributed by atoms with E-state index in [1.807, 2.05) is 11.4 Å². The molecule has 4 nitrogen and oxygen atoms in total. The van der Waals surface area contributed by atoms with E-state index in [-0.39, 0.29) is 17.5 Å². The van der Waals surface area contributed by atoms with Gasteiger partial charge in [-0.3, -0.25) is 4.90 Å². The number of fused-ring (bicyclic) bond motifs is 1. The molecule has 1 aromatic carbocycles. The minimum Gasteiger partial charge on any atom is -0.299 e. The molecule has 0 bridgehead atoms. The van der Waals surface area contributed by atoms with Crippen LogP contribution in [-0.4, -0.2) is 32.2 Å². The molecule has 1 fully saturated rings. The van der Waals surface area contributed by atoms with Gasteiger partial charge in [0.05, 0.1) is 10.5 Å². The number of hydrogen-bond donors (Lipinski definition) is 1. The van der Waals surface area contributed by atoms with Gasteiger partial charge in [0.1, 0.15) is 5.82 Å². The molecule has 2 aromatic rings. The SMILES string of the molecule is NS(=O)(=O)C[C@@H]1CCCN(Cc2csc3c(F)cccc23)C1. The fourth-order valence-electron chi connectivity index (χ4n) is 3.20. The van der Waals surface area contributed by atoms with Gasteiger partial charge in [0.15, 0.2) is 0 Å². The summed E-state index contributed by atoms with van der Waals surface area (Å²) in [4.78, 5) is 2.24. The maximum Gasteiger partial charge on any atom is 0.209 e. The Morgan fingerprint density at radius 2 is 2.23 bits per heavy atom. The number of hydrogen-bond acceptors (Lipinski definition) is 4. The molecular formula is C15H19FN2O2S2. The van der Waals surface area contributed by atoms with Gasteiger partial charge in [-0.05, 0) is 47.7 Å². The highest BCUT2D eigenvalue weighted by Crippen LogP contribution is 2.30. The quantitative estimate of drug-likeness (QED) is 0.929. The van der Waals surface area contributed by atoms with E-state index in [0.29, 0.717) is 4.70 Å². The predicted molar refractivity (Wildman–Crippen MR) is 87.8 cm³/mol.